The van der Waals surface area contributed by atoms with Crippen molar-refractivity contribution in [2.45, 2.75) is 31.8 Å². The lowest BCUT2D eigenvalue weighted by atomic mass is 10.3. The summed E-state index contributed by atoms with van der Waals surface area (Å²) in [4.78, 5) is 0. The van der Waals surface area contributed by atoms with Gasteiger partial charge in [-0.15, -0.1) is 6.58 Å². The maximum atomic E-state index is 5.52. The Morgan fingerprint density at radius 3 is 2.59 bits per heavy atom. The molecule has 2 fully saturated rings. The summed E-state index contributed by atoms with van der Waals surface area (Å²) in [7, 11) is 0. The molecule has 2 saturated heterocycles. The minimum atomic E-state index is -0.0691. The van der Waals surface area contributed by atoms with Crippen LogP contribution in [0.5, 0.6) is 5.75 Å². The number of hydrogen-bond donors (Lipinski definition) is 0. The standard InChI is InChI=1S/C11H12O2.C3H6O/c1-2-6-10-11(13-10)12-9-7-4-3-5-8-9;1-3-2-4-3/h2-5,7-8,10-11H,1,6H2;3H,2H2,1H3. The molecule has 3 nitrogen and oxygen atoms in total. The molecule has 3 rings (SSSR count). The second-order valence-electron chi connectivity index (χ2n) is 4.14. The van der Waals surface area contributed by atoms with Gasteiger partial charge in [-0.1, -0.05) is 24.3 Å². The van der Waals surface area contributed by atoms with Gasteiger partial charge in [-0.2, -0.15) is 0 Å². The monoisotopic (exact) mass is 234 g/mol. The van der Waals surface area contributed by atoms with Crippen LogP contribution in [0.1, 0.15) is 13.3 Å². The van der Waals surface area contributed by atoms with E-state index < -0.39 is 0 Å². The number of hydrogen-bond acceptors (Lipinski definition) is 3. The third kappa shape index (κ3) is 4.59. The fraction of sp³-hybridized carbons (Fsp3) is 0.429. The molecule has 0 aromatic heterocycles. The van der Waals surface area contributed by atoms with Crippen molar-refractivity contribution >= 4 is 0 Å². The lowest BCUT2D eigenvalue weighted by molar-refractivity contribution is 0.178. The number of benzene rings is 1. The van der Waals surface area contributed by atoms with E-state index in [0.29, 0.717) is 6.10 Å². The van der Waals surface area contributed by atoms with Gasteiger partial charge >= 0.3 is 0 Å². The molecule has 3 heteroatoms. The highest BCUT2D eigenvalue weighted by Crippen LogP contribution is 2.28. The summed E-state index contributed by atoms with van der Waals surface area (Å²) in [6, 6.07) is 9.70. The lowest BCUT2D eigenvalue weighted by Gasteiger charge is -2.00. The Morgan fingerprint density at radius 1 is 1.41 bits per heavy atom. The molecule has 0 saturated carbocycles. The van der Waals surface area contributed by atoms with Gasteiger partial charge in [0, 0.05) is 0 Å². The predicted octanol–water partition coefficient (Wildman–Crippen LogP) is 2.77. The van der Waals surface area contributed by atoms with E-state index in [1.165, 1.54) is 0 Å². The van der Waals surface area contributed by atoms with Crippen molar-refractivity contribution in [2.75, 3.05) is 6.61 Å². The average molecular weight is 234 g/mol. The van der Waals surface area contributed by atoms with Crippen molar-refractivity contribution in [1.82, 2.24) is 0 Å². The van der Waals surface area contributed by atoms with E-state index in [9.17, 15) is 0 Å². The molecule has 0 N–H and O–H groups in total. The first kappa shape index (κ1) is 12.1. The molecule has 0 aliphatic carbocycles. The zero-order chi connectivity index (χ0) is 12.1. The summed E-state index contributed by atoms with van der Waals surface area (Å²) >= 11 is 0. The number of rotatable bonds is 4. The van der Waals surface area contributed by atoms with Gasteiger partial charge in [-0.3, -0.25) is 0 Å². The van der Waals surface area contributed by atoms with Gasteiger partial charge in [0.2, 0.25) is 6.29 Å². The number of epoxide rings is 2. The van der Waals surface area contributed by atoms with E-state index in [1.807, 2.05) is 36.4 Å². The summed E-state index contributed by atoms with van der Waals surface area (Å²) in [5.41, 5.74) is 0. The van der Waals surface area contributed by atoms with Gasteiger partial charge < -0.3 is 14.2 Å². The van der Waals surface area contributed by atoms with E-state index in [4.69, 9.17) is 14.2 Å². The smallest absolute Gasteiger partial charge is 0.227 e. The van der Waals surface area contributed by atoms with Gasteiger partial charge in [-0.25, -0.2) is 0 Å². The summed E-state index contributed by atoms with van der Waals surface area (Å²) < 4.78 is 15.5. The Morgan fingerprint density at radius 2 is 2.06 bits per heavy atom. The molecule has 3 unspecified atom stereocenters. The lowest BCUT2D eigenvalue weighted by Crippen LogP contribution is -2.02. The maximum Gasteiger partial charge on any atom is 0.227 e. The Hall–Kier alpha value is -1.32. The highest BCUT2D eigenvalue weighted by Gasteiger charge is 2.39. The average Bonchev–Trinajstić information content (AvgIpc) is 3.24. The molecule has 2 heterocycles. The topological polar surface area (TPSA) is 34.3 Å². The summed E-state index contributed by atoms with van der Waals surface area (Å²) in [6.07, 6.45) is 3.43. The third-order valence-corrected chi connectivity index (χ3v) is 2.43. The van der Waals surface area contributed by atoms with Crippen LogP contribution in [0.25, 0.3) is 0 Å². The first-order chi connectivity index (χ1) is 8.29. The third-order valence-electron chi connectivity index (χ3n) is 2.43. The van der Waals surface area contributed by atoms with Crippen LogP contribution in [-0.4, -0.2) is 25.1 Å². The van der Waals surface area contributed by atoms with Crippen molar-refractivity contribution in [3.63, 3.8) is 0 Å². The molecule has 92 valence electrons. The predicted molar refractivity (Wildman–Crippen MR) is 66.0 cm³/mol. The van der Waals surface area contributed by atoms with Crippen LogP contribution < -0.4 is 4.74 Å². The van der Waals surface area contributed by atoms with Crippen molar-refractivity contribution in [3.05, 3.63) is 43.0 Å². The quantitative estimate of drug-likeness (QED) is 0.593. The van der Waals surface area contributed by atoms with Crippen LogP contribution in [0.2, 0.25) is 0 Å². The fourth-order valence-electron chi connectivity index (χ4n) is 1.29. The Labute approximate surface area is 102 Å². The summed E-state index contributed by atoms with van der Waals surface area (Å²) in [6.45, 7) is 6.69. The van der Waals surface area contributed by atoms with Gasteiger partial charge in [0.05, 0.1) is 12.7 Å². The van der Waals surface area contributed by atoms with E-state index >= 15 is 0 Å². The molecular weight excluding hydrogens is 216 g/mol. The minimum Gasteiger partial charge on any atom is -0.462 e. The Bertz CT molecular complexity index is 346. The van der Waals surface area contributed by atoms with Crippen LogP contribution in [0.3, 0.4) is 0 Å². The molecule has 2 aliphatic heterocycles. The summed E-state index contributed by atoms with van der Waals surface area (Å²) in [5.74, 6) is 0.860. The zero-order valence-corrected chi connectivity index (χ0v) is 10.0. The second-order valence-corrected chi connectivity index (χ2v) is 4.14. The second kappa shape index (κ2) is 5.84. The molecule has 17 heavy (non-hydrogen) atoms. The van der Waals surface area contributed by atoms with Crippen molar-refractivity contribution in [3.8, 4) is 5.75 Å². The van der Waals surface area contributed by atoms with Crippen molar-refractivity contribution in [2.24, 2.45) is 0 Å². The number of para-hydroxylation sites is 1. The van der Waals surface area contributed by atoms with Gasteiger partial charge in [0.15, 0.2) is 0 Å². The molecule has 0 spiro atoms. The Kier molecular flexibility index (Phi) is 4.18. The van der Waals surface area contributed by atoms with E-state index in [1.54, 1.807) is 0 Å². The van der Waals surface area contributed by atoms with Crippen LogP contribution >= 0.6 is 0 Å². The van der Waals surface area contributed by atoms with Crippen LogP contribution in [-0.2, 0) is 9.47 Å². The normalized spacial score (nSPS) is 28.6. The van der Waals surface area contributed by atoms with Gasteiger partial charge in [-0.05, 0) is 25.5 Å². The Balaban J connectivity index is 0.000000228. The van der Waals surface area contributed by atoms with Crippen molar-refractivity contribution in [1.29, 1.82) is 0 Å². The molecule has 1 aromatic rings. The first-order valence-corrected chi connectivity index (χ1v) is 5.89. The van der Waals surface area contributed by atoms with Gasteiger partial charge in [0.1, 0.15) is 11.9 Å². The molecule has 2 aliphatic rings. The highest BCUT2D eigenvalue weighted by atomic mass is 16.8. The number of ether oxygens (including phenoxy) is 3. The SMILES string of the molecule is C=CCC1OC1Oc1ccccc1.CC1CO1. The van der Waals surface area contributed by atoms with E-state index in [0.717, 1.165) is 18.8 Å². The maximum absolute atomic E-state index is 5.52. The molecule has 1 aromatic carbocycles. The van der Waals surface area contributed by atoms with E-state index in [-0.39, 0.29) is 12.4 Å². The summed E-state index contributed by atoms with van der Waals surface area (Å²) in [5, 5.41) is 0. The van der Waals surface area contributed by atoms with Gasteiger partial charge in [0.25, 0.3) is 0 Å². The first-order valence-electron chi connectivity index (χ1n) is 5.89. The molecule has 0 bridgehead atoms. The minimum absolute atomic E-state index is 0.0691. The van der Waals surface area contributed by atoms with E-state index in [2.05, 4.69) is 13.5 Å². The molecular formula is C14H18O3. The molecule has 3 atom stereocenters. The van der Waals surface area contributed by atoms with Crippen molar-refractivity contribution < 1.29 is 14.2 Å². The molecule has 0 amide bonds. The fourth-order valence-corrected chi connectivity index (χ4v) is 1.29. The highest BCUT2D eigenvalue weighted by molar-refractivity contribution is 5.21. The largest absolute Gasteiger partial charge is 0.462 e. The van der Waals surface area contributed by atoms with Crippen LogP contribution in [0.4, 0.5) is 0 Å². The van der Waals surface area contributed by atoms with Crippen LogP contribution in [0, 0.1) is 0 Å². The molecule has 0 radical (unpaired) electrons. The van der Waals surface area contributed by atoms with Crippen LogP contribution in [0.15, 0.2) is 43.0 Å². The zero-order valence-electron chi connectivity index (χ0n) is 10.0.